The maximum absolute atomic E-state index is 8.58. The fourth-order valence-electron chi connectivity index (χ4n) is 2.60. The molecule has 5 heteroatoms. The van der Waals surface area contributed by atoms with E-state index in [4.69, 9.17) is 20.4 Å². The van der Waals surface area contributed by atoms with Crippen molar-refractivity contribution in [2.45, 2.75) is 32.1 Å². The first kappa shape index (κ1) is 15.6. The van der Waals surface area contributed by atoms with Crippen LogP contribution in [0.1, 0.15) is 37.7 Å². The van der Waals surface area contributed by atoms with Crippen molar-refractivity contribution in [2.24, 2.45) is 16.8 Å². The third kappa shape index (κ3) is 5.27. The number of hydrogen-bond donors (Lipinski definition) is 2. The molecule has 3 N–H and O–H groups in total. The number of oxime groups is 1. The maximum Gasteiger partial charge on any atom is 0.170 e. The molecule has 1 aromatic rings. The standard InChI is InChI=1S/C16H24N2O3/c17-16(18-19)14-6-8-15(9-7-14)21-11-10-20-12-13-4-2-1-3-5-13/h6-9,13,19H,1-5,10-12H2,(H2,17,18). The molecule has 0 radical (unpaired) electrons. The van der Waals surface area contributed by atoms with Crippen LogP contribution in [0.25, 0.3) is 0 Å². The Kier molecular flexibility index (Phi) is 6.34. The predicted molar refractivity (Wildman–Crippen MR) is 81.8 cm³/mol. The van der Waals surface area contributed by atoms with Gasteiger partial charge in [-0.3, -0.25) is 0 Å². The molecule has 0 amide bonds. The summed E-state index contributed by atoms with van der Waals surface area (Å²) < 4.78 is 11.3. The van der Waals surface area contributed by atoms with Gasteiger partial charge in [0.1, 0.15) is 12.4 Å². The fourth-order valence-corrected chi connectivity index (χ4v) is 2.60. The van der Waals surface area contributed by atoms with Crippen LogP contribution in [0, 0.1) is 5.92 Å². The van der Waals surface area contributed by atoms with Crippen LogP contribution in [0.4, 0.5) is 0 Å². The van der Waals surface area contributed by atoms with E-state index in [1.807, 2.05) is 0 Å². The molecule has 0 aliphatic heterocycles. The largest absolute Gasteiger partial charge is 0.491 e. The number of nitrogens with two attached hydrogens (primary N) is 1. The van der Waals surface area contributed by atoms with Gasteiger partial charge in [-0.25, -0.2) is 0 Å². The first-order valence-corrected chi connectivity index (χ1v) is 7.58. The number of hydrogen-bond acceptors (Lipinski definition) is 4. The fraction of sp³-hybridized carbons (Fsp3) is 0.562. The first-order valence-electron chi connectivity index (χ1n) is 7.58. The van der Waals surface area contributed by atoms with E-state index in [-0.39, 0.29) is 5.84 Å². The maximum atomic E-state index is 8.58. The van der Waals surface area contributed by atoms with E-state index >= 15 is 0 Å². The monoisotopic (exact) mass is 292 g/mol. The Balaban J connectivity index is 1.62. The van der Waals surface area contributed by atoms with E-state index < -0.39 is 0 Å². The Bertz CT molecular complexity index is 439. The van der Waals surface area contributed by atoms with Crippen LogP contribution < -0.4 is 10.5 Å². The lowest BCUT2D eigenvalue weighted by Crippen LogP contribution is -2.16. The molecule has 21 heavy (non-hydrogen) atoms. The molecule has 0 heterocycles. The van der Waals surface area contributed by atoms with Crippen molar-refractivity contribution in [1.29, 1.82) is 0 Å². The van der Waals surface area contributed by atoms with Gasteiger partial charge in [0.15, 0.2) is 5.84 Å². The van der Waals surface area contributed by atoms with Gasteiger partial charge in [0.25, 0.3) is 0 Å². The number of ether oxygens (including phenoxy) is 2. The summed E-state index contributed by atoms with van der Waals surface area (Å²) in [6.07, 6.45) is 6.67. The van der Waals surface area contributed by atoms with Crippen LogP contribution in [0.5, 0.6) is 5.75 Å². The minimum absolute atomic E-state index is 0.0948. The Morgan fingerprint density at radius 3 is 2.52 bits per heavy atom. The molecule has 1 fully saturated rings. The lowest BCUT2D eigenvalue weighted by molar-refractivity contribution is 0.0635. The van der Waals surface area contributed by atoms with Crippen molar-refractivity contribution in [3.8, 4) is 5.75 Å². The number of amidine groups is 1. The summed E-state index contributed by atoms with van der Waals surface area (Å²) in [7, 11) is 0. The molecule has 1 aliphatic carbocycles. The zero-order valence-corrected chi connectivity index (χ0v) is 12.3. The quantitative estimate of drug-likeness (QED) is 0.266. The van der Waals surface area contributed by atoms with E-state index in [1.165, 1.54) is 32.1 Å². The molecule has 1 saturated carbocycles. The molecular formula is C16H24N2O3. The van der Waals surface area contributed by atoms with Crippen LogP contribution in [-0.4, -0.2) is 30.9 Å². The third-order valence-electron chi connectivity index (χ3n) is 3.83. The van der Waals surface area contributed by atoms with Gasteiger partial charge >= 0.3 is 0 Å². The van der Waals surface area contributed by atoms with E-state index in [0.29, 0.717) is 18.8 Å². The highest BCUT2D eigenvalue weighted by Gasteiger charge is 2.12. The summed E-state index contributed by atoms with van der Waals surface area (Å²) in [5, 5.41) is 11.5. The van der Waals surface area contributed by atoms with Crippen molar-refractivity contribution >= 4 is 5.84 Å². The van der Waals surface area contributed by atoms with Crippen molar-refractivity contribution in [3.63, 3.8) is 0 Å². The predicted octanol–water partition coefficient (Wildman–Crippen LogP) is 2.76. The van der Waals surface area contributed by atoms with Gasteiger partial charge in [-0.05, 0) is 43.0 Å². The minimum Gasteiger partial charge on any atom is -0.491 e. The molecule has 0 atom stereocenters. The average Bonchev–Trinajstić information content (AvgIpc) is 2.55. The summed E-state index contributed by atoms with van der Waals surface area (Å²) in [5.74, 6) is 1.59. The molecule has 5 nitrogen and oxygen atoms in total. The topological polar surface area (TPSA) is 77.1 Å². The van der Waals surface area contributed by atoms with Crippen molar-refractivity contribution in [3.05, 3.63) is 29.8 Å². The average molecular weight is 292 g/mol. The summed E-state index contributed by atoms with van der Waals surface area (Å²) >= 11 is 0. The summed E-state index contributed by atoms with van der Waals surface area (Å²) in [6, 6.07) is 7.11. The van der Waals surface area contributed by atoms with Gasteiger partial charge in [-0.2, -0.15) is 0 Å². The lowest BCUT2D eigenvalue weighted by atomic mass is 9.90. The summed E-state index contributed by atoms with van der Waals surface area (Å²) in [6.45, 7) is 2.00. The molecule has 0 saturated heterocycles. The van der Waals surface area contributed by atoms with E-state index in [2.05, 4.69) is 5.16 Å². The van der Waals surface area contributed by atoms with E-state index in [9.17, 15) is 0 Å². The molecular weight excluding hydrogens is 268 g/mol. The highest BCUT2D eigenvalue weighted by molar-refractivity contribution is 5.97. The van der Waals surface area contributed by atoms with Crippen LogP contribution in [0.3, 0.4) is 0 Å². The Morgan fingerprint density at radius 1 is 1.14 bits per heavy atom. The minimum atomic E-state index is 0.0948. The van der Waals surface area contributed by atoms with Gasteiger partial charge in [0.2, 0.25) is 0 Å². The van der Waals surface area contributed by atoms with Crippen LogP contribution in [-0.2, 0) is 4.74 Å². The van der Waals surface area contributed by atoms with Crippen molar-refractivity contribution in [2.75, 3.05) is 19.8 Å². The SMILES string of the molecule is NC(=NO)c1ccc(OCCOCC2CCCCC2)cc1. The Hall–Kier alpha value is -1.75. The van der Waals surface area contributed by atoms with Gasteiger partial charge in [0.05, 0.1) is 6.61 Å². The third-order valence-corrected chi connectivity index (χ3v) is 3.83. The second kappa shape index (κ2) is 8.52. The number of benzene rings is 1. The molecule has 0 aromatic heterocycles. The van der Waals surface area contributed by atoms with Gasteiger partial charge in [-0.15, -0.1) is 0 Å². The summed E-state index contributed by atoms with van der Waals surface area (Å²) in [5.41, 5.74) is 6.16. The number of rotatable bonds is 7. The Labute approximate surface area is 125 Å². The van der Waals surface area contributed by atoms with Gasteiger partial charge < -0.3 is 20.4 Å². The molecule has 116 valence electrons. The number of nitrogens with zero attached hydrogens (tertiary/aromatic N) is 1. The van der Waals surface area contributed by atoms with Gasteiger partial charge in [-0.1, -0.05) is 24.4 Å². The molecule has 0 spiro atoms. The van der Waals surface area contributed by atoms with Crippen LogP contribution in [0.2, 0.25) is 0 Å². The zero-order valence-electron chi connectivity index (χ0n) is 12.3. The lowest BCUT2D eigenvalue weighted by Gasteiger charge is -2.21. The van der Waals surface area contributed by atoms with Gasteiger partial charge in [0, 0.05) is 12.2 Å². The van der Waals surface area contributed by atoms with E-state index in [1.54, 1.807) is 24.3 Å². The molecule has 2 rings (SSSR count). The second-order valence-corrected chi connectivity index (χ2v) is 5.44. The van der Waals surface area contributed by atoms with Crippen molar-refractivity contribution < 1.29 is 14.7 Å². The highest BCUT2D eigenvalue weighted by atomic mass is 16.5. The summed E-state index contributed by atoms with van der Waals surface area (Å²) in [4.78, 5) is 0. The van der Waals surface area contributed by atoms with Crippen LogP contribution >= 0.6 is 0 Å². The molecule has 1 aromatic carbocycles. The van der Waals surface area contributed by atoms with Crippen LogP contribution in [0.15, 0.2) is 29.4 Å². The van der Waals surface area contributed by atoms with Crippen molar-refractivity contribution in [1.82, 2.24) is 0 Å². The Morgan fingerprint density at radius 2 is 1.86 bits per heavy atom. The molecule has 0 bridgehead atoms. The smallest absolute Gasteiger partial charge is 0.170 e. The molecule has 1 aliphatic rings. The normalized spacial score (nSPS) is 16.9. The molecule has 0 unspecified atom stereocenters. The first-order chi connectivity index (χ1) is 10.3. The zero-order chi connectivity index (χ0) is 14.9. The van der Waals surface area contributed by atoms with E-state index in [0.717, 1.165) is 18.3 Å². The highest BCUT2D eigenvalue weighted by Crippen LogP contribution is 2.23. The second-order valence-electron chi connectivity index (χ2n) is 5.44.